The highest BCUT2D eigenvalue weighted by Crippen LogP contribution is 2.31. The molecule has 0 unspecified atom stereocenters. The van der Waals surface area contributed by atoms with E-state index in [1.807, 2.05) is 54.5 Å². The number of allylic oxidation sites excluding steroid dienone is 4. The summed E-state index contributed by atoms with van der Waals surface area (Å²) in [5.74, 6) is -3.30. The maximum Gasteiger partial charge on any atom is 0.330 e. The summed E-state index contributed by atoms with van der Waals surface area (Å²) in [4.78, 5) is 89.9. The number of aromatic nitrogens is 2. The van der Waals surface area contributed by atoms with Crippen LogP contribution in [0.1, 0.15) is 134 Å². The fraction of sp³-hybridized carbons (Fsp3) is 0.541. The largest absolute Gasteiger partial charge is 0.460 e. The minimum absolute atomic E-state index is 0.000869. The van der Waals surface area contributed by atoms with E-state index in [-0.39, 0.29) is 97.3 Å². The Balaban J connectivity index is 0.000000304. The van der Waals surface area contributed by atoms with Crippen LogP contribution in [0.4, 0.5) is 0 Å². The SMILES string of the molecule is C=C1Cc2nc(co2)C(=O)N2CCC[C@@H]2C(=O)O[C@H](C(C)C)[C@H](C)/C=C/C(=O)NC/C=C/C(C)=C/[C@@H](O)C1.C=C1Cc2nc(co2)C(=O)N2CC[C@@H](S(=O)(=O)CCC)[C@@H]2C(=O)O[C@H](C(C)C)[C@H](C)/C=C/C(=O)NC/C=C/C(C)=C/[C@@H](O)C1. The number of aliphatic hydroxyl groups is 2. The highest BCUT2D eigenvalue weighted by atomic mass is 32.2. The lowest BCUT2D eigenvalue weighted by atomic mass is 9.94. The molecule has 0 aliphatic carbocycles. The molecule has 82 heavy (non-hydrogen) atoms. The molecule has 21 heteroatoms. The van der Waals surface area contributed by atoms with Crippen molar-refractivity contribution in [2.45, 2.75) is 155 Å². The van der Waals surface area contributed by atoms with Crippen LogP contribution < -0.4 is 10.6 Å². The van der Waals surface area contributed by atoms with Crippen LogP contribution in [0.25, 0.3) is 0 Å². The number of nitrogens with zero attached hydrogens (tertiary/aromatic N) is 4. The zero-order chi connectivity index (χ0) is 60.4. The molecule has 4 aliphatic heterocycles. The molecular weight excluding hydrogens is 1070 g/mol. The molecule has 2 fully saturated rings. The van der Waals surface area contributed by atoms with E-state index in [0.717, 1.165) is 11.1 Å². The maximum absolute atomic E-state index is 13.8. The molecule has 0 aromatic carbocycles. The van der Waals surface area contributed by atoms with Gasteiger partial charge in [0.2, 0.25) is 11.8 Å². The number of nitrogens with one attached hydrogen (secondary N) is 2. The van der Waals surface area contributed by atoms with Gasteiger partial charge in [-0.2, -0.15) is 0 Å². The first-order valence-corrected chi connectivity index (χ1v) is 29.9. The molecule has 2 aromatic heterocycles. The number of ether oxygens (including phenoxy) is 2. The van der Waals surface area contributed by atoms with Gasteiger partial charge in [0.15, 0.2) is 33.0 Å². The van der Waals surface area contributed by atoms with Crippen LogP contribution in [0.3, 0.4) is 0 Å². The monoisotopic (exact) mass is 1160 g/mol. The molecular formula is C61H84N6O14S. The van der Waals surface area contributed by atoms with E-state index in [9.17, 15) is 47.4 Å². The normalized spacial score (nSPS) is 29.5. The lowest BCUT2D eigenvalue weighted by Crippen LogP contribution is -2.50. The molecule has 448 valence electrons. The Morgan fingerprint density at radius 1 is 0.683 bits per heavy atom. The molecule has 0 spiro atoms. The zero-order valence-electron chi connectivity index (χ0n) is 48.9. The number of carbonyl (C=O) groups is 6. The third kappa shape index (κ3) is 19.3. The summed E-state index contributed by atoms with van der Waals surface area (Å²) < 4.78 is 49.4. The number of hydrogen-bond donors (Lipinski definition) is 4. The van der Waals surface area contributed by atoms with Gasteiger partial charge in [-0.25, -0.2) is 28.0 Å². The predicted octanol–water partition coefficient (Wildman–Crippen LogP) is 6.85. The second kappa shape index (κ2) is 30.9. The molecule has 6 rings (SSSR count). The first-order valence-electron chi connectivity index (χ1n) is 28.2. The van der Waals surface area contributed by atoms with E-state index >= 15 is 0 Å². The molecule has 0 saturated carbocycles. The van der Waals surface area contributed by atoms with Gasteiger partial charge < -0.3 is 49.0 Å². The van der Waals surface area contributed by atoms with Gasteiger partial charge >= 0.3 is 11.9 Å². The summed E-state index contributed by atoms with van der Waals surface area (Å²) in [5, 5.41) is 25.3. The van der Waals surface area contributed by atoms with Gasteiger partial charge in [-0.05, 0) is 76.4 Å². The average molecular weight is 1160 g/mol. The van der Waals surface area contributed by atoms with Gasteiger partial charge in [0.25, 0.3) is 11.8 Å². The highest BCUT2D eigenvalue weighted by Gasteiger charge is 2.50. The van der Waals surface area contributed by atoms with E-state index in [2.05, 4.69) is 33.8 Å². The second-order valence-electron chi connectivity index (χ2n) is 22.3. The quantitative estimate of drug-likeness (QED) is 0.176. The van der Waals surface area contributed by atoms with Crippen molar-refractivity contribution in [3.05, 3.63) is 132 Å². The Morgan fingerprint density at radius 3 is 1.61 bits per heavy atom. The number of amides is 4. The average Bonchev–Trinajstić information content (AvgIpc) is 4.45. The van der Waals surface area contributed by atoms with Gasteiger partial charge in [-0.3, -0.25) is 19.2 Å². The number of fused-ring (bicyclic) bond motifs is 6. The van der Waals surface area contributed by atoms with Gasteiger partial charge in [0.05, 0.1) is 23.2 Å². The van der Waals surface area contributed by atoms with Crippen molar-refractivity contribution in [2.75, 3.05) is 31.9 Å². The molecule has 2 saturated heterocycles. The standard InChI is InChI=1S/C32H45N3O8S.C29H39N3O6/c1-7-15-44(40,41)26-12-14-35-29(26)32(39)43-30(20(2)3)23(6)10-11-27(37)33-13-8-9-21(4)16-24(36)17-22(5)18-28-34-25(19-42-28)31(35)38;1-18(2)27-21(5)10-11-25(34)30-12-6-8-19(3)14-22(33)15-20(4)16-26-31-23(17-37-26)28(35)32-13-7-9-24(32)29(36)38-27/h8-11,16,19-20,23-24,26,29-30,36H,5,7,12-15,17-18H2,1-4,6H3,(H,33,37);6,8,10-11,14,17-18,21-22,24,27,33H,4,7,9,12-13,15-16H2,1-3,5H3,(H,30,34)/b9-8+,11-10+,21-16+;8-6+,11-10+,19-14+/t23-,24-,26-,29-,30-;21-,22-,24-,27-/m11/s1. The summed E-state index contributed by atoms with van der Waals surface area (Å²) in [5.41, 5.74) is 3.00. The fourth-order valence-corrected chi connectivity index (χ4v) is 12.3. The summed E-state index contributed by atoms with van der Waals surface area (Å²) in [6.07, 6.45) is 19.1. The van der Waals surface area contributed by atoms with E-state index in [4.69, 9.17) is 18.3 Å². The lowest BCUT2D eigenvalue weighted by Gasteiger charge is -2.31. The Morgan fingerprint density at radius 2 is 1.15 bits per heavy atom. The predicted molar refractivity (Wildman–Crippen MR) is 309 cm³/mol. The first kappa shape index (κ1) is 65.8. The van der Waals surface area contributed by atoms with Crippen LogP contribution in [-0.2, 0) is 51.3 Å². The van der Waals surface area contributed by atoms with E-state index in [1.165, 1.54) is 34.5 Å². The fourth-order valence-electron chi connectivity index (χ4n) is 10.4. The number of esters is 2. The van der Waals surface area contributed by atoms with Crippen LogP contribution in [0.2, 0.25) is 0 Å². The van der Waals surface area contributed by atoms with Crippen LogP contribution >= 0.6 is 0 Å². The van der Waals surface area contributed by atoms with Gasteiger partial charge in [0, 0.05) is 50.9 Å². The number of oxazole rings is 2. The van der Waals surface area contributed by atoms with Crippen molar-refractivity contribution in [3.8, 4) is 0 Å². The number of carbonyl (C=O) groups excluding carboxylic acids is 6. The Hall–Kier alpha value is -6.97. The number of sulfone groups is 1. The topological polar surface area (TPSA) is 278 Å². The number of hydrogen-bond acceptors (Lipinski definition) is 16. The highest BCUT2D eigenvalue weighted by molar-refractivity contribution is 7.92. The Kier molecular flexibility index (Phi) is 24.8. The molecule has 4 aliphatic rings. The molecule has 20 nitrogen and oxygen atoms in total. The smallest absolute Gasteiger partial charge is 0.330 e. The van der Waals surface area contributed by atoms with Crippen molar-refractivity contribution < 1.29 is 65.7 Å². The molecule has 9 atom stereocenters. The lowest BCUT2D eigenvalue weighted by molar-refractivity contribution is -0.158. The summed E-state index contributed by atoms with van der Waals surface area (Å²) in [7, 11) is -3.73. The van der Waals surface area contributed by atoms with Gasteiger partial charge in [-0.15, -0.1) is 0 Å². The maximum atomic E-state index is 13.8. The molecule has 6 heterocycles. The van der Waals surface area contributed by atoms with Crippen LogP contribution in [0.15, 0.2) is 118 Å². The number of aliphatic hydroxyl groups excluding tert-OH is 2. The Bertz CT molecular complexity index is 2910. The number of cyclic esters (lactones) is 2. The summed E-state index contributed by atoms with van der Waals surface area (Å²) in [6, 6.07) is -2.08. The number of rotatable bonds is 5. The van der Waals surface area contributed by atoms with Crippen LogP contribution in [-0.4, -0.2) is 148 Å². The first-order chi connectivity index (χ1) is 38.8. The van der Waals surface area contributed by atoms with E-state index in [1.54, 1.807) is 56.4 Å². The van der Waals surface area contributed by atoms with Crippen molar-refractivity contribution >= 4 is 45.4 Å². The van der Waals surface area contributed by atoms with Gasteiger partial charge in [0.1, 0.15) is 36.8 Å². The molecule has 4 amide bonds. The molecule has 4 N–H and O–H groups in total. The third-order valence-corrected chi connectivity index (χ3v) is 16.7. The van der Waals surface area contributed by atoms with Crippen molar-refractivity contribution in [1.29, 1.82) is 0 Å². The van der Waals surface area contributed by atoms with Crippen LogP contribution in [0, 0.1) is 23.7 Å². The molecule has 4 bridgehead atoms. The minimum Gasteiger partial charge on any atom is -0.460 e. The minimum atomic E-state index is -3.73. The zero-order valence-corrected chi connectivity index (χ0v) is 49.7. The second-order valence-corrected chi connectivity index (χ2v) is 24.6. The summed E-state index contributed by atoms with van der Waals surface area (Å²) >= 11 is 0. The van der Waals surface area contributed by atoms with Gasteiger partial charge in [-0.1, -0.05) is 133 Å². The van der Waals surface area contributed by atoms with E-state index < -0.39 is 75.4 Å². The molecule has 0 radical (unpaired) electrons. The van der Waals surface area contributed by atoms with Crippen molar-refractivity contribution in [2.24, 2.45) is 23.7 Å². The molecule has 2 aromatic rings. The van der Waals surface area contributed by atoms with E-state index in [0.29, 0.717) is 55.8 Å². The van der Waals surface area contributed by atoms with Crippen LogP contribution in [0.5, 0.6) is 0 Å². The van der Waals surface area contributed by atoms with Crippen molar-refractivity contribution in [1.82, 2.24) is 30.4 Å². The van der Waals surface area contributed by atoms with Crippen molar-refractivity contribution in [3.63, 3.8) is 0 Å². The summed E-state index contributed by atoms with van der Waals surface area (Å²) in [6.45, 7) is 25.8. The Labute approximate surface area is 482 Å². The third-order valence-electron chi connectivity index (χ3n) is 14.3.